The molecule has 11 aromatic carbocycles. The highest BCUT2D eigenvalue weighted by atomic mass is 15.1. The second kappa shape index (κ2) is 16.7. The Hall–Kier alpha value is -8.26. The topological polar surface area (TPSA) is 3.24 Å². The van der Waals surface area contributed by atoms with Crippen LogP contribution in [-0.4, -0.2) is 0 Å². The third-order valence-electron chi connectivity index (χ3n) is 11.6. The van der Waals surface area contributed by atoms with Gasteiger partial charge in [-0.25, -0.2) is 0 Å². The number of benzene rings is 11. The maximum absolute atomic E-state index is 9.79. The number of hydrogen-bond acceptors (Lipinski definition) is 1. The lowest BCUT2D eigenvalue weighted by Crippen LogP contribution is -2.09. The van der Waals surface area contributed by atoms with Crippen molar-refractivity contribution in [1.29, 1.82) is 0 Å². The summed E-state index contributed by atoms with van der Waals surface area (Å²) in [5.74, 6) is 0. The van der Waals surface area contributed by atoms with E-state index < -0.39 is 24.2 Å². The fraction of sp³-hybridized carbons (Fsp3) is 0. The van der Waals surface area contributed by atoms with Crippen LogP contribution in [0.1, 0.15) is 11.0 Å². The Kier molecular flexibility index (Phi) is 7.90. The largest absolute Gasteiger partial charge is 0.311 e. The van der Waals surface area contributed by atoms with E-state index in [-0.39, 0.29) is 46.7 Å². The van der Waals surface area contributed by atoms with Gasteiger partial charge in [0.1, 0.15) is 0 Å². The molecule has 1 heteroatoms. The van der Waals surface area contributed by atoms with Crippen LogP contribution in [0, 0.1) is 0 Å². The molecule has 63 heavy (non-hydrogen) atoms. The van der Waals surface area contributed by atoms with Crippen molar-refractivity contribution in [2.24, 2.45) is 0 Å². The molecule has 0 radical (unpaired) electrons. The maximum atomic E-state index is 9.79. The molecule has 0 aliphatic rings. The number of hydrogen-bond donors (Lipinski definition) is 0. The van der Waals surface area contributed by atoms with E-state index in [1.165, 1.54) is 4.90 Å². The normalized spacial score (nSPS) is 13.0. The Morgan fingerprint density at radius 1 is 0.254 bits per heavy atom. The summed E-state index contributed by atoms with van der Waals surface area (Å²) in [5, 5.41) is 3.93. The van der Waals surface area contributed by atoms with Crippen LogP contribution in [0.15, 0.2) is 261 Å². The van der Waals surface area contributed by atoms with Crippen molar-refractivity contribution in [2.75, 3.05) is 4.90 Å². The molecule has 11 rings (SSSR count). The zero-order valence-electron chi connectivity index (χ0n) is 42.2. The van der Waals surface area contributed by atoms with E-state index in [0.717, 1.165) is 66.1 Å². The van der Waals surface area contributed by atoms with Crippen LogP contribution in [0.4, 0.5) is 17.1 Å². The quantitative estimate of drug-likeness (QED) is 0.140. The van der Waals surface area contributed by atoms with Gasteiger partial charge in [-0.15, -0.1) is 0 Å². The van der Waals surface area contributed by atoms with Gasteiger partial charge in [0.05, 0.1) is 11.0 Å². The van der Waals surface area contributed by atoms with Crippen LogP contribution in [0.2, 0.25) is 0 Å². The van der Waals surface area contributed by atoms with Crippen molar-refractivity contribution in [3.63, 3.8) is 0 Å². The fourth-order valence-electron chi connectivity index (χ4n) is 8.48. The molecule has 0 fully saturated rings. The summed E-state index contributed by atoms with van der Waals surface area (Å²) < 4.78 is 77.3. The molecule has 0 aliphatic carbocycles. The summed E-state index contributed by atoms with van der Waals surface area (Å²) in [6, 6.07) is 65.8. The number of rotatable bonds is 9. The van der Waals surface area contributed by atoms with Gasteiger partial charge in [0.2, 0.25) is 0 Å². The molecular weight excluding hydrogens is 759 g/mol. The molecule has 0 saturated carbocycles. The van der Waals surface area contributed by atoms with Crippen molar-refractivity contribution >= 4 is 38.6 Å². The Balaban J connectivity index is 1.13. The predicted molar refractivity (Wildman–Crippen MR) is 269 cm³/mol. The number of anilines is 3. The van der Waals surface area contributed by atoms with Crippen molar-refractivity contribution < 1.29 is 11.0 Å². The van der Waals surface area contributed by atoms with Crippen LogP contribution >= 0.6 is 0 Å². The van der Waals surface area contributed by atoms with Gasteiger partial charge >= 0.3 is 0 Å². The van der Waals surface area contributed by atoms with E-state index >= 15 is 0 Å². The molecule has 0 saturated heterocycles. The average molecular weight is 810 g/mol. The van der Waals surface area contributed by atoms with Crippen LogP contribution in [0.5, 0.6) is 0 Å². The monoisotopic (exact) mass is 809 g/mol. The highest BCUT2D eigenvalue weighted by molar-refractivity contribution is 6.04. The summed E-state index contributed by atoms with van der Waals surface area (Å²) in [6.07, 6.45) is 0. The maximum Gasteiger partial charge on any atom is 0.0645 e. The van der Waals surface area contributed by atoms with Crippen molar-refractivity contribution in [3.05, 3.63) is 261 Å². The molecular formula is C62H43N. The molecule has 0 atom stereocenters. The standard InChI is InChI=1S/C62H43N/c1-4-15-47(16-5-1)58-40-33-54(43-61(58)49-19-8-3-9-20-49)46-28-36-56(37-29-46)63(55-34-26-45(27-35-55)53-25-24-44-14-10-11-22-52(44)42-53)57-38-30-51(31-39-57)62-59-23-13-12-21-50(59)32-41-60(62)48-17-6-2-7-18-48/h1-43H/i26D,27D,28D,29D,34D,35D,36D,37D. The molecule has 0 heterocycles. The van der Waals surface area contributed by atoms with E-state index in [9.17, 15) is 11.0 Å². The van der Waals surface area contributed by atoms with Crippen LogP contribution in [0.3, 0.4) is 0 Å². The molecule has 11 aromatic rings. The lowest BCUT2D eigenvalue weighted by Gasteiger charge is -2.26. The van der Waals surface area contributed by atoms with Gasteiger partial charge in [0.25, 0.3) is 0 Å². The predicted octanol–water partition coefficient (Wildman–Crippen LogP) is 17.5. The molecule has 0 spiro atoms. The zero-order chi connectivity index (χ0) is 48.9. The van der Waals surface area contributed by atoms with E-state index in [1.54, 1.807) is 18.2 Å². The minimum atomic E-state index is -0.408. The van der Waals surface area contributed by atoms with Gasteiger partial charge in [0, 0.05) is 17.1 Å². The van der Waals surface area contributed by atoms with E-state index in [4.69, 9.17) is 0 Å². The van der Waals surface area contributed by atoms with E-state index in [2.05, 4.69) is 36.4 Å². The van der Waals surface area contributed by atoms with Gasteiger partial charge in [-0.3, -0.25) is 0 Å². The first-order valence-electron chi connectivity index (χ1n) is 25.0. The average Bonchev–Trinajstić information content (AvgIpc) is 3.42. The zero-order valence-corrected chi connectivity index (χ0v) is 34.2. The Labute approximate surface area is 380 Å². The Morgan fingerprint density at radius 3 is 1.32 bits per heavy atom. The lowest BCUT2D eigenvalue weighted by molar-refractivity contribution is 1.28. The van der Waals surface area contributed by atoms with Gasteiger partial charge in [-0.1, -0.05) is 212 Å². The second-order valence-corrected chi connectivity index (χ2v) is 15.5. The van der Waals surface area contributed by atoms with Gasteiger partial charge in [0.15, 0.2) is 0 Å². The summed E-state index contributed by atoms with van der Waals surface area (Å²) in [7, 11) is 0. The molecule has 0 N–H and O–H groups in total. The van der Waals surface area contributed by atoms with E-state index in [1.807, 2.05) is 158 Å². The SMILES string of the molecule is [2H]c1c([2H])c(N(c2ccc(-c3c(-c4ccccc4)ccc4ccccc34)cc2)c2c([2H])c([2H])c(-c3ccc4ccccc4c3)c([2H])c2[2H])c([2H])c([2H])c1-c1ccc(-c2ccccc2)c(-c2ccccc2)c1. The van der Waals surface area contributed by atoms with Gasteiger partial charge < -0.3 is 4.90 Å². The number of fused-ring (bicyclic) bond motifs is 2. The third-order valence-corrected chi connectivity index (χ3v) is 11.6. The lowest BCUT2D eigenvalue weighted by atomic mass is 9.89. The molecule has 0 aromatic heterocycles. The number of nitrogens with zero attached hydrogens (tertiary/aromatic N) is 1. The summed E-state index contributed by atoms with van der Waals surface area (Å²) in [4.78, 5) is 1.37. The first kappa shape index (κ1) is 29.9. The highest BCUT2D eigenvalue weighted by Gasteiger charge is 2.17. The van der Waals surface area contributed by atoms with Crippen molar-refractivity contribution in [3.8, 4) is 66.8 Å². The van der Waals surface area contributed by atoms with Crippen LogP contribution in [0.25, 0.3) is 88.3 Å². The van der Waals surface area contributed by atoms with Crippen LogP contribution in [-0.2, 0) is 0 Å². The molecule has 1 nitrogen and oxygen atoms in total. The molecule has 0 unspecified atom stereocenters. The molecule has 0 aliphatic heterocycles. The summed E-state index contributed by atoms with van der Waals surface area (Å²) in [6.45, 7) is 0. The summed E-state index contributed by atoms with van der Waals surface area (Å²) >= 11 is 0. The minimum Gasteiger partial charge on any atom is -0.311 e. The Bertz CT molecular complexity index is 3780. The molecule has 0 bridgehead atoms. The fourth-order valence-corrected chi connectivity index (χ4v) is 8.48. The van der Waals surface area contributed by atoms with Crippen molar-refractivity contribution in [1.82, 2.24) is 0 Å². The summed E-state index contributed by atoms with van der Waals surface area (Å²) in [5.41, 5.74) is 8.68. The Morgan fingerprint density at radius 2 is 0.698 bits per heavy atom. The van der Waals surface area contributed by atoms with E-state index in [0.29, 0.717) is 16.8 Å². The minimum absolute atomic E-state index is 0.0893. The van der Waals surface area contributed by atoms with Crippen LogP contribution < -0.4 is 4.90 Å². The smallest absolute Gasteiger partial charge is 0.0645 e. The first-order valence-corrected chi connectivity index (χ1v) is 21.0. The molecule has 296 valence electrons. The highest BCUT2D eigenvalue weighted by Crippen LogP contribution is 2.42. The second-order valence-electron chi connectivity index (χ2n) is 15.5. The third kappa shape index (κ3) is 7.47. The van der Waals surface area contributed by atoms with Gasteiger partial charge in [-0.2, -0.15) is 0 Å². The first-order chi connectivity index (χ1) is 34.6. The van der Waals surface area contributed by atoms with Gasteiger partial charge in [-0.05, 0) is 137 Å². The van der Waals surface area contributed by atoms with Crippen molar-refractivity contribution in [2.45, 2.75) is 0 Å². The molecule has 0 amide bonds.